The molecule has 2 aliphatic carbocycles. The number of aromatic nitrogens is 2. The summed E-state index contributed by atoms with van der Waals surface area (Å²) in [5.41, 5.74) is 8.78. The molecule has 0 saturated carbocycles. The molecule has 0 radical (unpaired) electrons. The van der Waals surface area contributed by atoms with E-state index in [1.54, 1.807) is 18.3 Å². The van der Waals surface area contributed by atoms with Gasteiger partial charge in [-0.2, -0.15) is 0 Å². The highest BCUT2D eigenvalue weighted by molar-refractivity contribution is 6.08. The lowest BCUT2D eigenvalue weighted by atomic mass is 9.70. The molecule has 2 aliphatic rings. The van der Waals surface area contributed by atoms with Crippen molar-refractivity contribution < 1.29 is 0 Å². The molecule has 0 aliphatic heterocycles. The first-order chi connectivity index (χ1) is 20.7. The van der Waals surface area contributed by atoms with Gasteiger partial charge in [0.05, 0.1) is 11.1 Å². The zero-order valence-corrected chi connectivity index (χ0v) is 22.4. The summed E-state index contributed by atoms with van der Waals surface area (Å²) in [7, 11) is 0. The van der Waals surface area contributed by atoms with Crippen LogP contribution in [0.15, 0.2) is 143 Å². The summed E-state index contributed by atoms with van der Waals surface area (Å²) in [4.78, 5) is 32.9. The Morgan fingerprint density at radius 3 is 1.69 bits per heavy atom. The van der Waals surface area contributed by atoms with Crippen molar-refractivity contribution in [1.29, 1.82) is 0 Å². The van der Waals surface area contributed by atoms with E-state index in [-0.39, 0.29) is 11.1 Å². The molecule has 0 saturated heterocycles. The van der Waals surface area contributed by atoms with Gasteiger partial charge in [-0.3, -0.25) is 14.6 Å². The second kappa shape index (κ2) is 8.21. The average Bonchev–Trinajstić information content (AvgIpc) is 3.48. The molecule has 42 heavy (non-hydrogen) atoms. The highest BCUT2D eigenvalue weighted by atomic mass is 16.2. The topological polar surface area (TPSA) is 52.0 Å². The lowest BCUT2D eigenvalue weighted by Crippen LogP contribution is -2.28. The van der Waals surface area contributed by atoms with Crippen molar-refractivity contribution in [2.45, 2.75) is 5.41 Å². The van der Waals surface area contributed by atoms with E-state index < -0.39 is 11.0 Å². The third-order valence-corrected chi connectivity index (χ3v) is 9.09. The average molecular weight is 539 g/mol. The number of hydrogen-bond donors (Lipinski definition) is 0. The molecule has 2 heterocycles. The summed E-state index contributed by atoms with van der Waals surface area (Å²) >= 11 is 0. The fraction of sp³-hybridized carbons (Fsp3) is 0.0263. The SMILES string of the molecule is O=c1c2cc3c(cc2c2cccnc2c(=O)n1-c1ccccc1)C1(c2ccccc2-c2ccccc21)c1ccccc1-3. The second-order valence-corrected chi connectivity index (χ2v) is 11.0. The Morgan fingerprint density at radius 2 is 1.05 bits per heavy atom. The minimum atomic E-state index is -0.547. The van der Waals surface area contributed by atoms with Gasteiger partial charge < -0.3 is 0 Å². The molecule has 9 rings (SSSR count). The third kappa shape index (κ3) is 2.74. The van der Waals surface area contributed by atoms with Crippen LogP contribution in [0.1, 0.15) is 22.3 Å². The lowest BCUT2D eigenvalue weighted by Gasteiger charge is -2.30. The van der Waals surface area contributed by atoms with Crippen LogP contribution in [0.25, 0.3) is 49.6 Å². The number of para-hydroxylation sites is 1. The monoisotopic (exact) mass is 538 g/mol. The molecular formula is C38H22N2O2. The van der Waals surface area contributed by atoms with Crippen LogP contribution in [-0.2, 0) is 5.41 Å². The standard InChI is InChI=1S/C38H22N2O2/c41-36-30-21-29-26-15-6-9-19-33(26)38(31-17-7-4-13-24(31)25-14-5-8-18-32(25)38)34(29)22-28(30)27-16-10-20-39-35(27)37(42)40(36)23-11-2-1-3-12-23/h1-22H. The van der Waals surface area contributed by atoms with E-state index in [4.69, 9.17) is 0 Å². The van der Waals surface area contributed by atoms with Gasteiger partial charge in [0, 0.05) is 17.0 Å². The highest BCUT2D eigenvalue weighted by Crippen LogP contribution is 2.63. The first kappa shape index (κ1) is 23.1. The Bertz CT molecular complexity index is 2360. The molecule has 0 fully saturated rings. The zero-order chi connectivity index (χ0) is 28.0. The predicted octanol–water partition coefficient (Wildman–Crippen LogP) is 7.24. The van der Waals surface area contributed by atoms with Crippen molar-refractivity contribution in [3.63, 3.8) is 0 Å². The number of hydrogen-bond acceptors (Lipinski definition) is 3. The maximum absolute atomic E-state index is 14.4. The maximum atomic E-state index is 14.4. The number of nitrogens with zero attached hydrogens (tertiary/aromatic N) is 2. The van der Waals surface area contributed by atoms with E-state index in [1.807, 2.05) is 36.4 Å². The van der Waals surface area contributed by atoms with Crippen LogP contribution >= 0.6 is 0 Å². The minimum Gasteiger partial charge on any atom is -0.268 e. The van der Waals surface area contributed by atoms with Gasteiger partial charge in [0.2, 0.25) is 0 Å². The van der Waals surface area contributed by atoms with E-state index in [2.05, 4.69) is 83.8 Å². The number of fused-ring (bicyclic) bond motifs is 13. The van der Waals surface area contributed by atoms with Crippen LogP contribution in [0.3, 0.4) is 0 Å². The molecular weight excluding hydrogens is 516 g/mol. The molecule has 0 amide bonds. The summed E-state index contributed by atoms with van der Waals surface area (Å²) in [5, 5.41) is 1.88. The maximum Gasteiger partial charge on any atom is 0.284 e. The summed E-state index contributed by atoms with van der Waals surface area (Å²) in [6, 6.07) is 42.8. The van der Waals surface area contributed by atoms with E-state index >= 15 is 0 Å². The van der Waals surface area contributed by atoms with Crippen LogP contribution in [0.5, 0.6) is 0 Å². The molecule has 4 nitrogen and oxygen atoms in total. The van der Waals surface area contributed by atoms with Gasteiger partial charge in [0.25, 0.3) is 11.1 Å². The molecule has 7 aromatic rings. The molecule has 0 unspecified atom stereocenters. The Balaban J connectivity index is 1.52. The van der Waals surface area contributed by atoms with Gasteiger partial charge in [0.15, 0.2) is 0 Å². The van der Waals surface area contributed by atoms with Gasteiger partial charge in [-0.1, -0.05) is 97.1 Å². The molecule has 196 valence electrons. The number of rotatable bonds is 1. The van der Waals surface area contributed by atoms with Crippen LogP contribution in [0, 0.1) is 0 Å². The molecule has 1 spiro atoms. The lowest BCUT2D eigenvalue weighted by molar-refractivity contribution is 0.795. The minimum absolute atomic E-state index is 0.269. The van der Waals surface area contributed by atoms with E-state index in [1.165, 1.54) is 32.4 Å². The van der Waals surface area contributed by atoms with Crippen LogP contribution in [0.2, 0.25) is 0 Å². The van der Waals surface area contributed by atoms with E-state index in [0.717, 1.165) is 22.1 Å². The Labute approximate surface area is 240 Å². The fourth-order valence-electron chi connectivity index (χ4n) is 7.46. The molecule has 4 heteroatoms. The Morgan fingerprint density at radius 1 is 0.476 bits per heavy atom. The van der Waals surface area contributed by atoms with E-state index in [9.17, 15) is 9.59 Å². The summed E-state index contributed by atoms with van der Waals surface area (Å²) in [6.45, 7) is 0. The smallest absolute Gasteiger partial charge is 0.268 e. The van der Waals surface area contributed by atoms with Gasteiger partial charge in [-0.05, 0) is 80.2 Å². The van der Waals surface area contributed by atoms with Gasteiger partial charge >= 0.3 is 0 Å². The molecule has 5 aromatic carbocycles. The van der Waals surface area contributed by atoms with Gasteiger partial charge in [0.1, 0.15) is 5.52 Å². The normalized spacial score (nSPS) is 13.6. The molecule has 0 atom stereocenters. The van der Waals surface area contributed by atoms with Gasteiger partial charge in [-0.15, -0.1) is 0 Å². The van der Waals surface area contributed by atoms with Crippen LogP contribution in [-0.4, -0.2) is 9.55 Å². The Hall–Kier alpha value is -5.61. The molecule has 0 bridgehead atoms. The van der Waals surface area contributed by atoms with Crippen molar-refractivity contribution >= 4 is 21.7 Å². The van der Waals surface area contributed by atoms with Crippen LogP contribution in [0.4, 0.5) is 0 Å². The molecule has 0 N–H and O–H groups in total. The van der Waals surface area contributed by atoms with E-state index in [0.29, 0.717) is 16.5 Å². The fourth-order valence-corrected chi connectivity index (χ4v) is 7.46. The second-order valence-electron chi connectivity index (χ2n) is 11.0. The van der Waals surface area contributed by atoms with Gasteiger partial charge in [-0.25, -0.2) is 4.57 Å². The van der Waals surface area contributed by atoms with Crippen molar-refractivity contribution in [2.75, 3.05) is 0 Å². The summed E-state index contributed by atoms with van der Waals surface area (Å²) < 4.78 is 1.26. The Kier molecular flexibility index (Phi) is 4.52. The first-order valence-electron chi connectivity index (χ1n) is 14.1. The number of pyridine rings is 1. The van der Waals surface area contributed by atoms with Crippen molar-refractivity contribution in [3.05, 3.63) is 177 Å². The largest absolute Gasteiger partial charge is 0.284 e. The van der Waals surface area contributed by atoms with Crippen molar-refractivity contribution in [2.24, 2.45) is 0 Å². The zero-order valence-electron chi connectivity index (χ0n) is 22.4. The first-order valence-corrected chi connectivity index (χ1v) is 14.1. The summed E-state index contributed by atoms with van der Waals surface area (Å²) in [6.07, 6.45) is 1.61. The number of benzene rings is 5. The third-order valence-electron chi connectivity index (χ3n) is 9.09. The van der Waals surface area contributed by atoms with Crippen molar-refractivity contribution in [1.82, 2.24) is 9.55 Å². The van der Waals surface area contributed by atoms with Crippen LogP contribution < -0.4 is 11.1 Å². The quantitative estimate of drug-likeness (QED) is 0.221. The summed E-state index contributed by atoms with van der Waals surface area (Å²) in [5.74, 6) is 0. The predicted molar refractivity (Wildman–Crippen MR) is 167 cm³/mol. The van der Waals surface area contributed by atoms with Crippen molar-refractivity contribution in [3.8, 4) is 27.9 Å². The highest BCUT2D eigenvalue weighted by Gasteiger charge is 2.51. The molecule has 2 aromatic heterocycles.